The molecule has 0 fully saturated rings. The van der Waals surface area contributed by atoms with Crippen molar-refractivity contribution in [3.8, 4) is 0 Å². The number of hydrogen-bond acceptors (Lipinski definition) is 1. The van der Waals surface area contributed by atoms with E-state index in [4.69, 9.17) is 4.55 Å². The summed E-state index contributed by atoms with van der Waals surface area (Å²) in [5.41, 5.74) is 1.03. The van der Waals surface area contributed by atoms with Crippen molar-refractivity contribution >= 4 is 44.6 Å². The number of hydrogen-bond donors (Lipinski definition) is 2. The third-order valence-corrected chi connectivity index (χ3v) is 3.68. The summed E-state index contributed by atoms with van der Waals surface area (Å²) in [6, 6.07) is 12.0. The van der Waals surface area contributed by atoms with Gasteiger partial charge in [0.15, 0.2) is 0 Å². The lowest BCUT2D eigenvalue weighted by molar-refractivity contribution is 0.549. The van der Waals surface area contributed by atoms with E-state index in [2.05, 4.69) is 33.4 Å². The zero-order chi connectivity index (χ0) is 11.5. The van der Waals surface area contributed by atoms with Gasteiger partial charge in [-0.1, -0.05) is 30.3 Å². The fourth-order valence-corrected chi connectivity index (χ4v) is 2.59. The van der Waals surface area contributed by atoms with Crippen molar-refractivity contribution in [2.45, 2.75) is 6.54 Å². The van der Waals surface area contributed by atoms with Gasteiger partial charge in [0.2, 0.25) is 11.3 Å². The number of fused-ring (bicyclic) bond motifs is 1. The summed E-state index contributed by atoms with van der Waals surface area (Å²) in [6.07, 6.45) is 0. The van der Waals surface area contributed by atoms with Gasteiger partial charge in [-0.25, -0.2) is 8.93 Å². The molecule has 0 spiro atoms. The second-order valence-electron chi connectivity index (χ2n) is 3.32. The molecule has 2 aromatic carbocycles. The van der Waals surface area contributed by atoms with Gasteiger partial charge in [0.05, 0.1) is 0 Å². The molecule has 0 aliphatic heterocycles. The van der Waals surface area contributed by atoms with E-state index < -0.39 is 11.3 Å². The lowest BCUT2D eigenvalue weighted by Crippen LogP contribution is -2.15. The Morgan fingerprint density at radius 1 is 1.19 bits per heavy atom. The molecule has 1 unspecified atom stereocenters. The van der Waals surface area contributed by atoms with E-state index in [-0.39, 0.29) is 0 Å². The molecule has 2 aromatic rings. The van der Waals surface area contributed by atoms with Gasteiger partial charge >= 0.3 is 0 Å². The Hall–Kier alpha value is -0.500. The van der Waals surface area contributed by atoms with Crippen LogP contribution in [-0.4, -0.2) is 8.76 Å². The van der Waals surface area contributed by atoms with Crippen molar-refractivity contribution in [2.75, 3.05) is 0 Å². The van der Waals surface area contributed by atoms with Gasteiger partial charge < -0.3 is 0 Å². The van der Waals surface area contributed by atoms with Crippen LogP contribution in [0, 0.1) is 3.57 Å². The molecule has 3 nitrogen and oxygen atoms in total. The van der Waals surface area contributed by atoms with Gasteiger partial charge in [-0.05, 0) is 45.0 Å². The van der Waals surface area contributed by atoms with E-state index >= 15 is 0 Å². The monoisotopic (exact) mass is 347 g/mol. The van der Waals surface area contributed by atoms with Gasteiger partial charge in [0.25, 0.3) is 0 Å². The maximum atomic E-state index is 10.6. The molecule has 0 saturated heterocycles. The fourth-order valence-electron chi connectivity index (χ4n) is 1.63. The van der Waals surface area contributed by atoms with Crippen LogP contribution in [-0.2, 0) is 17.8 Å². The van der Waals surface area contributed by atoms with Crippen LogP contribution in [0.25, 0.3) is 10.8 Å². The predicted octanol–water partition coefficient (Wildman–Crippen LogP) is 2.67. The average Bonchev–Trinajstić information content (AvgIpc) is 2.27. The van der Waals surface area contributed by atoms with Gasteiger partial charge in [-0.15, -0.1) is 0 Å². The minimum atomic E-state index is -1.97. The van der Waals surface area contributed by atoms with Crippen molar-refractivity contribution in [3.63, 3.8) is 0 Å². The molecule has 0 aromatic heterocycles. The van der Waals surface area contributed by atoms with E-state index in [0.717, 1.165) is 10.9 Å². The largest absolute Gasteiger partial charge is 0.294 e. The first-order valence-corrected chi connectivity index (χ1v) is 6.87. The third-order valence-electron chi connectivity index (χ3n) is 2.35. The van der Waals surface area contributed by atoms with Gasteiger partial charge in [0, 0.05) is 10.1 Å². The highest BCUT2D eigenvalue weighted by Gasteiger charge is 2.03. The van der Waals surface area contributed by atoms with Crippen molar-refractivity contribution in [1.29, 1.82) is 0 Å². The molecule has 2 rings (SSSR count). The number of rotatable bonds is 3. The second kappa shape index (κ2) is 5.22. The van der Waals surface area contributed by atoms with Crippen LogP contribution in [0.1, 0.15) is 5.56 Å². The van der Waals surface area contributed by atoms with E-state index in [1.807, 2.05) is 30.3 Å². The first kappa shape index (κ1) is 12.0. The first-order chi connectivity index (χ1) is 7.68. The molecule has 0 aliphatic rings. The Bertz CT molecular complexity index is 544. The zero-order valence-electron chi connectivity index (χ0n) is 8.31. The highest BCUT2D eigenvalue weighted by molar-refractivity contribution is 14.1. The maximum Gasteiger partial charge on any atom is 0.232 e. The van der Waals surface area contributed by atoms with Crippen LogP contribution in [0.2, 0.25) is 0 Å². The van der Waals surface area contributed by atoms with Crippen molar-refractivity contribution < 1.29 is 8.76 Å². The minimum Gasteiger partial charge on any atom is -0.294 e. The SMILES string of the molecule is O=S(O)NCc1cccc2c(I)cccc12. The summed E-state index contributed by atoms with van der Waals surface area (Å²) in [7, 11) is 0. The van der Waals surface area contributed by atoms with Crippen LogP contribution >= 0.6 is 22.6 Å². The van der Waals surface area contributed by atoms with E-state index in [9.17, 15) is 4.21 Å². The Morgan fingerprint density at radius 2 is 1.88 bits per heavy atom. The molecule has 84 valence electrons. The van der Waals surface area contributed by atoms with Crippen LogP contribution in [0.15, 0.2) is 36.4 Å². The summed E-state index contributed by atoms with van der Waals surface area (Å²) in [5, 5.41) is 2.29. The summed E-state index contributed by atoms with van der Waals surface area (Å²) in [6.45, 7) is 0.389. The van der Waals surface area contributed by atoms with E-state index in [1.54, 1.807) is 0 Å². The van der Waals surface area contributed by atoms with Crippen molar-refractivity contribution in [2.24, 2.45) is 0 Å². The summed E-state index contributed by atoms with van der Waals surface area (Å²) < 4.78 is 23.0. The number of nitrogens with one attached hydrogen (secondary N) is 1. The second-order valence-corrected chi connectivity index (χ2v) is 5.27. The van der Waals surface area contributed by atoms with Crippen LogP contribution in [0.5, 0.6) is 0 Å². The van der Waals surface area contributed by atoms with E-state index in [1.165, 1.54) is 8.96 Å². The molecule has 5 heteroatoms. The first-order valence-electron chi connectivity index (χ1n) is 4.69. The molecular weight excluding hydrogens is 337 g/mol. The summed E-state index contributed by atoms with van der Waals surface area (Å²) in [4.78, 5) is 0. The molecule has 2 N–H and O–H groups in total. The average molecular weight is 347 g/mol. The van der Waals surface area contributed by atoms with Crippen molar-refractivity contribution in [1.82, 2.24) is 4.72 Å². The highest BCUT2D eigenvalue weighted by Crippen LogP contribution is 2.23. The molecule has 0 amide bonds. The molecule has 0 bridgehead atoms. The smallest absolute Gasteiger partial charge is 0.232 e. The molecular formula is C11H10INO2S. The van der Waals surface area contributed by atoms with Crippen LogP contribution in [0.3, 0.4) is 0 Å². The zero-order valence-corrected chi connectivity index (χ0v) is 11.3. The van der Waals surface area contributed by atoms with Crippen LogP contribution < -0.4 is 4.72 Å². The van der Waals surface area contributed by atoms with E-state index in [0.29, 0.717) is 6.54 Å². The highest BCUT2D eigenvalue weighted by atomic mass is 127. The third kappa shape index (κ3) is 2.60. The van der Waals surface area contributed by atoms with Gasteiger partial charge in [0.1, 0.15) is 0 Å². The normalized spacial score (nSPS) is 12.9. The fraction of sp³-hybridized carbons (Fsp3) is 0.0909. The number of halogens is 1. The quantitative estimate of drug-likeness (QED) is 0.663. The molecule has 0 radical (unpaired) electrons. The maximum absolute atomic E-state index is 10.6. The van der Waals surface area contributed by atoms with Gasteiger partial charge in [-0.2, -0.15) is 0 Å². The lowest BCUT2D eigenvalue weighted by atomic mass is 10.1. The molecule has 0 saturated carbocycles. The summed E-state index contributed by atoms with van der Waals surface area (Å²) in [5.74, 6) is 0. The Labute approximate surface area is 110 Å². The number of benzene rings is 2. The van der Waals surface area contributed by atoms with Gasteiger partial charge in [-0.3, -0.25) is 4.55 Å². The molecule has 1 atom stereocenters. The Balaban J connectivity index is 2.45. The standard InChI is InChI=1S/C11H10INO2S/c12-11-6-2-4-9-8(7-13-16(14)15)3-1-5-10(9)11/h1-6,13H,7H2,(H,14,15). The topological polar surface area (TPSA) is 49.3 Å². The lowest BCUT2D eigenvalue weighted by Gasteiger charge is -2.07. The Morgan fingerprint density at radius 3 is 2.62 bits per heavy atom. The van der Waals surface area contributed by atoms with Crippen LogP contribution in [0.4, 0.5) is 0 Å². The molecule has 0 heterocycles. The predicted molar refractivity (Wildman–Crippen MR) is 74.3 cm³/mol. The molecule has 16 heavy (non-hydrogen) atoms. The van der Waals surface area contributed by atoms with Crippen molar-refractivity contribution in [3.05, 3.63) is 45.5 Å². The Kier molecular flexibility index (Phi) is 3.91. The molecule has 0 aliphatic carbocycles. The summed E-state index contributed by atoms with van der Waals surface area (Å²) >= 11 is 0.321. The minimum absolute atomic E-state index is 0.389.